The van der Waals surface area contributed by atoms with Crippen LogP contribution in [0.1, 0.15) is 99.2 Å². The van der Waals surface area contributed by atoms with Crippen LogP contribution in [0.2, 0.25) is 0 Å². The number of quaternary nitrogens is 2. The van der Waals surface area contributed by atoms with E-state index in [0.717, 1.165) is 69.5 Å². The molecule has 0 atom stereocenters. The van der Waals surface area contributed by atoms with Crippen LogP contribution in [0.3, 0.4) is 0 Å². The van der Waals surface area contributed by atoms with Gasteiger partial charge in [0.1, 0.15) is 0 Å². The summed E-state index contributed by atoms with van der Waals surface area (Å²) in [5, 5.41) is 3.45. The molecule has 284 valence electrons. The van der Waals surface area contributed by atoms with Gasteiger partial charge in [-0.05, 0) is 60.7 Å². The highest BCUT2D eigenvalue weighted by Crippen LogP contribution is 2.31. The summed E-state index contributed by atoms with van der Waals surface area (Å²) in [6.07, 6.45) is 10.1. The third-order valence-electron chi connectivity index (χ3n) is 11.0. The van der Waals surface area contributed by atoms with Crippen molar-refractivity contribution in [2.24, 2.45) is 0 Å². The monoisotopic (exact) mass is 848 g/mol. The first-order valence-corrected chi connectivity index (χ1v) is 18.9. The lowest BCUT2D eigenvalue weighted by Crippen LogP contribution is -3.00. The van der Waals surface area contributed by atoms with Gasteiger partial charge in [-0.1, -0.05) is 67.8 Å². The summed E-state index contributed by atoms with van der Waals surface area (Å²) in [6, 6.07) is 22.7. The molecule has 53 heavy (non-hydrogen) atoms. The Bertz CT molecular complexity index is 1720. The van der Waals surface area contributed by atoms with E-state index in [-0.39, 0.29) is 57.6 Å². The van der Waals surface area contributed by atoms with Gasteiger partial charge >= 0.3 is 0 Å². The van der Waals surface area contributed by atoms with Gasteiger partial charge in [-0.25, -0.2) is 0 Å². The zero-order valence-corrected chi connectivity index (χ0v) is 34.9. The van der Waals surface area contributed by atoms with Gasteiger partial charge in [-0.15, -0.1) is 0 Å². The summed E-state index contributed by atoms with van der Waals surface area (Å²) >= 11 is 0. The second kappa shape index (κ2) is 18.3. The highest BCUT2D eigenvalue weighted by Gasteiger charge is 2.34. The van der Waals surface area contributed by atoms with Crippen LogP contribution in [0.25, 0.3) is 21.5 Å². The molecule has 0 radical (unpaired) electrons. The molecule has 0 aliphatic carbocycles. The zero-order valence-electron chi connectivity index (χ0n) is 31.7. The van der Waals surface area contributed by atoms with Crippen molar-refractivity contribution >= 4 is 45.2 Å². The van der Waals surface area contributed by atoms with Crippen molar-refractivity contribution in [2.45, 2.75) is 57.8 Å². The van der Waals surface area contributed by atoms with E-state index in [1.165, 1.54) is 54.7 Å². The number of carbonyl (C=O) groups is 4. The van der Waals surface area contributed by atoms with Crippen LogP contribution >= 0.6 is 0 Å². The molecule has 0 aromatic heterocycles. The summed E-state index contributed by atoms with van der Waals surface area (Å²) in [5.74, 6) is -0.702. The molecule has 0 spiro atoms. The highest BCUT2D eigenvalue weighted by molar-refractivity contribution is 6.26. The van der Waals surface area contributed by atoms with Gasteiger partial charge in [-0.3, -0.25) is 29.0 Å². The molecule has 10 heteroatoms. The number of hydrogen-bond donors (Lipinski definition) is 0. The molecule has 0 bridgehead atoms. The Labute approximate surface area is 335 Å². The first kappa shape index (κ1) is 42.3. The van der Waals surface area contributed by atoms with E-state index in [2.05, 4.69) is 28.2 Å². The summed E-state index contributed by atoms with van der Waals surface area (Å²) in [6.45, 7) is 4.92. The van der Waals surface area contributed by atoms with E-state index >= 15 is 0 Å². The topological polar surface area (TPSA) is 74.8 Å². The molecule has 4 aromatic carbocycles. The standard InChI is InChI=1S/C43H54N4O4.2BrH/c1-46(2,30-16-26-44-40(48)34-22-12-18-32-19-13-23-35(38(32)34)41(44)49)28-10-8-6-5-7-9-11-29-47(3,4)31-17-27-45-42(50)36-24-14-20-33-21-15-25-37(39(33)36)43(45)51;;/h12-15,18-25H,5-11,16-17,26-31H2,1-4H3;2*1H/q+2;;/p-2. The number of carbonyl (C=O) groups excluding carboxylic acids is 4. The fourth-order valence-corrected chi connectivity index (χ4v) is 8.07. The Balaban J connectivity index is 0.00000314. The molecule has 0 saturated heterocycles. The van der Waals surface area contributed by atoms with Crippen molar-refractivity contribution in [1.82, 2.24) is 9.80 Å². The molecule has 2 aliphatic heterocycles. The largest absolute Gasteiger partial charge is 1.00 e. The number of benzene rings is 4. The molecule has 0 saturated carbocycles. The molecule has 2 aliphatic rings. The number of rotatable bonds is 18. The fourth-order valence-electron chi connectivity index (χ4n) is 8.07. The van der Waals surface area contributed by atoms with E-state index in [9.17, 15) is 19.2 Å². The highest BCUT2D eigenvalue weighted by atomic mass is 79.9. The van der Waals surface area contributed by atoms with Crippen molar-refractivity contribution in [3.63, 3.8) is 0 Å². The molecular weight excluding hydrogens is 796 g/mol. The number of halogens is 2. The van der Waals surface area contributed by atoms with E-state index in [1.807, 2.05) is 72.8 Å². The van der Waals surface area contributed by atoms with Gasteiger partial charge < -0.3 is 42.9 Å². The number of hydrogen-bond acceptors (Lipinski definition) is 4. The number of unbranched alkanes of at least 4 members (excludes halogenated alkanes) is 6. The maximum Gasteiger partial charge on any atom is 0.261 e. The van der Waals surface area contributed by atoms with Gasteiger partial charge in [-0.2, -0.15) is 0 Å². The van der Waals surface area contributed by atoms with Crippen molar-refractivity contribution in [3.05, 3.63) is 95.1 Å². The smallest absolute Gasteiger partial charge is 0.261 e. The van der Waals surface area contributed by atoms with Gasteiger partial charge in [0.05, 0.1) is 54.4 Å². The number of imide groups is 2. The SMILES string of the molecule is C[N+](C)(CCCCCCCCC[N+](C)(C)CCCN1C(=O)c2cccc3cccc(c23)C1=O)CCCN1C(=O)c2cccc3cccc(c23)C1=O.[Br-].[Br-]. The molecule has 8 nitrogen and oxygen atoms in total. The van der Waals surface area contributed by atoms with E-state index in [0.29, 0.717) is 35.3 Å². The Morgan fingerprint density at radius 3 is 0.962 bits per heavy atom. The molecule has 6 rings (SSSR count). The van der Waals surface area contributed by atoms with Crippen molar-refractivity contribution in [1.29, 1.82) is 0 Å². The minimum atomic E-state index is -0.175. The molecule has 0 unspecified atom stereocenters. The molecule has 4 aromatic rings. The van der Waals surface area contributed by atoms with Crippen LogP contribution in [0.5, 0.6) is 0 Å². The summed E-state index contributed by atoms with van der Waals surface area (Å²) in [7, 11) is 8.99. The van der Waals surface area contributed by atoms with Crippen molar-refractivity contribution < 1.29 is 62.1 Å². The Morgan fingerprint density at radius 1 is 0.396 bits per heavy atom. The predicted octanol–water partition coefficient (Wildman–Crippen LogP) is 1.56. The fraction of sp³-hybridized carbons (Fsp3) is 0.442. The molecule has 0 N–H and O–H groups in total. The molecule has 2 heterocycles. The van der Waals surface area contributed by atoms with Gasteiger partial charge in [0.2, 0.25) is 0 Å². The maximum atomic E-state index is 13.2. The average molecular weight is 851 g/mol. The van der Waals surface area contributed by atoms with Gasteiger partial charge in [0.15, 0.2) is 0 Å². The Kier molecular flexibility index (Phi) is 14.6. The minimum Gasteiger partial charge on any atom is -1.00 e. The van der Waals surface area contributed by atoms with E-state index in [4.69, 9.17) is 0 Å². The zero-order chi connectivity index (χ0) is 36.2. The third kappa shape index (κ3) is 9.63. The summed E-state index contributed by atoms with van der Waals surface area (Å²) in [5.41, 5.74) is 2.52. The lowest BCUT2D eigenvalue weighted by atomic mass is 9.94. The molecule has 4 amide bonds. The van der Waals surface area contributed by atoms with Crippen LogP contribution in [0.15, 0.2) is 72.8 Å². The Hall–Kier alpha value is -3.44. The Morgan fingerprint density at radius 2 is 0.660 bits per heavy atom. The quantitative estimate of drug-likeness (QED) is 0.0867. The molecule has 0 fully saturated rings. The first-order chi connectivity index (χ1) is 24.5. The molecular formula is C43H54Br2N4O4. The summed E-state index contributed by atoms with van der Waals surface area (Å²) < 4.78 is 1.78. The van der Waals surface area contributed by atoms with Crippen molar-refractivity contribution in [2.75, 3.05) is 67.5 Å². The third-order valence-corrected chi connectivity index (χ3v) is 11.0. The lowest BCUT2D eigenvalue weighted by Gasteiger charge is -2.32. The maximum absolute atomic E-state index is 13.2. The van der Waals surface area contributed by atoms with Gasteiger partial charge in [0.25, 0.3) is 23.6 Å². The van der Waals surface area contributed by atoms with Crippen molar-refractivity contribution in [3.8, 4) is 0 Å². The van der Waals surface area contributed by atoms with Crippen LogP contribution < -0.4 is 34.0 Å². The van der Waals surface area contributed by atoms with E-state index < -0.39 is 0 Å². The lowest BCUT2D eigenvalue weighted by molar-refractivity contribution is -0.890. The van der Waals surface area contributed by atoms with Crippen LogP contribution in [0, 0.1) is 0 Å². The second-order valence-electron chi connectivity index (χ2n) is 15.9. The summed E-state index contributed by atoms with van der Waals surface area (Å²) in [4.78, 5) is 55.7. The number of amides is 4. The average Bonchev–Trinajstić information content (AvgIpc) is 3.11. The van der Waals surface area contributed by atoms with Crippen LogP contribution in [-0.4, -0.2) is 110 Å². The van der Waals surface area contributed by atoms with Crippen LogP contribution in [0.4, 0.5) is 0 Å². The van der Waals surface area contributed by atoms with Gasteiger partial charge in [0, 0.05) is 59.0 Å². The van der Waals surface area contributed by atoms with Crippen LogP contribution in [-0.2, 0) is 0 Å². The first-order valence-electron chi connectivity index (χ1n) is 18.9. The normalized spacial score (nSPS) is 14.2. The number of nitrogens with zero attached hydrogens (tertiary/aromatic N) is 4. The predicted molar refractivity (Wildman–Crippen MR) is 204 cm³/mol. The minimum absolute atomic E-state index is 0. The van der Waals surface area contributed by atoms with E-state index in [1.54, 1.807) is 0 Å². The second-order valence-corrected chi connectivity index (χ2v) is 15.9.